The molecule has 27 heavy (non-hydrogen) atoms. The minimum absolute atomic E-state index is 0. The molecule has 0 saturated heterocycles. The fraction of sp³-hybridized carbons (Fsp3) is 0.571. The maximum Gasteiger partial charge on any atom is 0.340 e. The molecule has 1 aliphatic carbocycles. The number of rotatable bonds is 5. The van der Waals surface area contributed by atoms with Crippen LogP contribution in [0.3, 0.4) is 0 Å². The molecule has 1 heterocycles. The molecule has 0 unspecified atom stereocenters. The van der Waals surface area contributed by atoms with Crippen LogP contribution in [-0.2, 0) is 11.3 Å². The first-order valence-corrected chi connectivity index (χ1v) is 9.62. The predicted octanol–water partition coefficient (Wildman–Crippen LogP) is 4.82. The molecule has 0 spiro atoms. The summed E-state index contributed by atoms with van der Waals surface area (Å²) in [5.41, 5.74) is 3.40. The van der Waals surface area contributed by atoms with E-state index in [1.807, 2.05) is 38.9 Å². The lowest BCUT2D eigenvalue weighted by atomic mass is 9.95. The van der Waals surface area contributed by atoms with E-state index in [1.54, 1.807) is 6.07 Å². The van der Waals surface area contributed by atoms with Gasteiger partial charge in [-0.25, -0.2) is 4.79 Å². The van der Waals surface area contributed by atoms with Crippen molar-refractivity contribution in [2.45, 2.75) is 58.5 Å². The molecule has 0 amide bonds. The van der Waals surface area contributed by atoms with Gasteiger partial charge >= 0.3 is 5.97 Å². The average molecular weight is 395 g/mol. The van der Waals surface area contributed by atoms with Crippen LogP contribution >= 0.6 is 12.4 Å². The van der Waals surface area contributed by atoms with Crippen LogP contribution in [0.5, 0.6) is 5.75 Å². The van der Waals surface area contributed by atoms with Gasteiger partial charge in [0, 0.05) is 34.7 Å². The number of carbonyl (C=O) groups is 1. The third-order valence-electron chi connectivity index (χ3n) is 5.39. The zero-order valence-electron chi connectivity index (χ0n) is 16.7. The van der Waals surface area contributed by atoms with Crippen molar-refractivity contribution >= 4 is 29.3 Å². The molecule has 3 rings (SSSR count). The van der Waals surface area contributed by atoms with Crippen LogP contribution in [-0.4, -0.2) is 41.2 Å². The molecule has 150 valence electrons. The van der Waals surface area contributed by atoms with Crippen LogP contribution in [0.2, 0.25) is 0 Å². The van der Waals surface area contributed by atoms with Crippen molar-refractivity contribution < 1.29 is 14.6 Å². The van der Waals surface area contributed by atoms with Gasteiger partial charge in [0.1, 0.15) is 5.75 Å². The third-order valence-corrected chi connectivity index (χ3v) is 5.39. The number of aromatic nitrogens is 1. The monoisotopic (exact) mass is 394 g/mol. The van der Waals surface area contributed by atoms with Crippen LogP contribution in [0.4, 0.5) is 0 Å². The van der Waals surface area contributed by atoms with Gasteiger partial charge < -0.3 is 19.3 Å². The van der Waals surface area contributed by atoms with Crippen LogP contribution < -0.4 is 0 Å². The van der Waals surface area contributed by atoms with Crippen molar-refractivity contribution in [1.82, 2.24) is 9.47 Å². The molecule has 1 N–H and O–H groups in total. The minimum Gasteiger partial charge on any atom is -0.508 e. The molecule has 0 atom stereocenters. The van der Waals surface area contributed by atoms with Crippen LogP contribution in [0.15, 0.2) is 12.1 Å². The highest BCUT2D eigenvalue weighted by atomic mass is 35.5. The Balaban J connectivity index is 0.00000261. The quantitative estimate of drug-likeness (QED) is 0.738. The predicted molar refractivity (Wildman–Crippen MR) is 111 cm³/mol. The summed E-state index contributed by atoms with van der Waals surface area (Å²) in [6.07, 6.45) is 6.00. The Hall–Kier alpha value is -1.72. The minimum atomic E-state index is -0.296. The van der Waals surface area contributed by atoms with Crippen LogP contribution in [0.1, 0.15) is 66.7 Å². The Morgan fingerprint density at radius 1 is 1.26 bits per heavy atom. The van der Waals surface area contributed by atoms with Gasteiger partial charge in [-0.3, -0.25) is 0 Å². The Bertz CT molecular complexity index is 808. The molecular weight excluding hydrogens is 364 g/mol. The average Bonchev–Trinajstić information content (AvgIpc) is 2.90. The van der Waals surface area contributed by atoms with Crippen LogP contribution in [0, 0.1) is 6.92 Å². The van der Waals surface area contributed by atoms with Crippen molar-refractivity contribution in [2.75, 3.05) is 20.7 Å². The first-order valence-electron chi connectivity index (χ1n) is 9.62. The second-order valence-electron chi connectivity index (χ2n) is 7.54. The van der Waals surface area contributed by atoms with Gasteiger partial charge in [-0.2, -0.15) is 0 Å². The molecular formula is C21H31ClN2O3. The van der Waals surface area contributed by atoms with E-state index in [-0.39, 0.29) is 24.1 Å². The Morgan fingerprint density at radius 3 is 2.52 bits per heavy atom. The Morgan fingerprint density at radius 2 is 1.93 bits per heavy atom. The summed E-state index contributed by atoms with van der Waals surface area (Å²) in [6.45, 7) is 4.75. The number of benzene rings is 1. The van der Waals surface area contributed by atoms with Gasteiger partial charge in [-0.05, 0) is 52.9 Å². The summed E-state index contributed by atoms with van der Waals surface area (Å²) in [7, 11) is 3.93. The number of hydrogen-bond donors (Lipinski definition) is 1. The molecule has 1 saturated carbocycles. The number of ether oxygens (including phenoxy) is 1. The van der Waals surface area contributed by atoms with E-state index in [0.29, 0.717) is 24.8 Å². The van der Waals surface area contributed by atoms with E-state index >= 15 is 0 Å². The van der Waals surface area contributed by atoms with E-state index in [1.165, 1.54) is 19.3 Å². The summed E-state index contributed by atoms with van der Waals surface area (Å²) >= 11 is 0. The third kappa shape index (κ3) is 4.09. The molecule has 1 aliphatic rings. The van der Waals surface area contributed by atoms with Crippen molar-refractivity contribution in [3.63, 3.8) is 0 Å². The van der Waals surface area contributed by atoms with E-state index in [0.717, 1.165) is 35.0 Å². The number of nitrogens with zero attached hydrogens (tertiary/aromatic N) is 2. The second kappa shape index (κ2) is 8.98. The summed E-state index contributed by atoms with van der Waals surface area (Å²) in [4.78, 5) is 14.8. The number of phenols is 1. The lowest BCUT2D eigenvalue weighted by Gasteiger charge is -2.26. The Labute approximate surface area is 167 Å². The highest BCUT2D eigenvalue weighted by molar-refractivity contribution is 6.08. The molecule has 1 aromatic carbocycles. The van der Waals surface area contributed by atoms with Gasteiger partial charge in [0.05, 0.1) is 12.2 Å². The zero-order chi connectivity index (χ0) is 18.8. The van der Waals surface area contributed by atoms with E-state index in [9.17, 15) is 9.90 Å². The van der Waals surface area contributed by atoms with Crippen molar-refractivity contribution in [3.8, 4) is 5.75 Å². The van der Waals surface area contributed by atoms with Gasteiger partial charge in [-0.1, -0.05) is 19.3 Å². The molecule has 2 aromatic rings. The molecule has 1 aromatic heterocycles. The number of esters is 1. The first kappa shape index (κ1) is 21.6. The fourth-order valence-electron chi connectivity index (χ4n) is 4.33. The number of aromatic hydroxyl groups is 1. The lowest BCUT2D eigenvalue weighted by Crippen LogP contribution is -2.15. The largest absolute Gasteiger partial charge is 0.508 e. The number of fused-ring (bicyclic) bond motifs is 1. The SMILES string of the molecule is CCOC(=O)c1c(C)n(C2CCCCC2)c2ccc(O)c(CN(C)C)c12.Cl. The topological polar surface area (TPSA) is 54.7 Å². The van der Waals surface area contributed by atoms with E-state index in [4.69, 9.17) is 4.74 Å². The highest BCUT2D eigenvalue weighted by Gasteiger charge is 2.28. The number of phenolic OH excluding ortho intramolecular Hbond substituents is 1. The van der Waals surface area contributed by atoms with E-state index in [2.05, 4.69) is 4.57 Å². The summed E-state index contributed by atoms with van der Waals surface area (Å²) < 4.78 is 7.69. The zero-order valence-corrected chi connectivity index (χ0v) is 17.6. The van der Waals surface area contributed by atoms with E-state index < -0.39 is 0 Å². The molecule has 0 radical (unpaired) electrons. The molecule has 5 nitrogen and oxygen atoms in total. The lowest BCUT2D eigenvalue weighted by molar-refractivity contribution is 0.0527. The van der Waals surface area contributed by atoms with Gasteiger partial charge in [0.15, 0.2) is 0 Å². The number of halogens is 1. The Kier molecular flexibility index (Phi) is 7.18. The highest BCUT2D eigenvalue weighted by Crippen LogP contribution is 2.40. The normalized spacial score (nSPS) is 15.1. The van der Waals surface area contributed by atoms with Crippen molar-refractivity contribution in [1.29, 1.82) is 0 Å². The standard InChI is InChI=1S/C21H30N2O3.ClH/c1-5-26-21(25)19-14(2)23(15-9-7-6-8-10-15)17-11-12-18(24)16(20(17)19)13-22(3)4;/h11-12,15,24H,5-10,13H2,1-4H3;1H. The van der Waals surface area contributed by atoms with Crippen molar-refractivity contribution in [3.05, 3.63) is 29.0 Å². The fourth-order valence-corrected chi connectivity index (χ4v) is 4.33. The first-order chi connectivity index (χ1) is 12.5. The molecule has 0 bridgehead atoms. The second-order valence-corrected chi connectivity index (χ2v) is 7.54. The molecule has 6 heteroatoms. The molecule has 1 fully saturated rings. The summed E-state index contributed by atoms with van der Waals surface area (Å²) in [5, 5.41) is 11.4. The number of hydrogen-bond acceptors (Lipinski definition) is 4. The maximum atomic E-state index is 12.8. The molecule has 0 aliphatic heterocycles. The summed E-state index contributed by atoms with van der Waals surface area (Å²) in [6, 6.07) is 4.12. The van der Waals surface area contributed by atoms with Gasteiger partial charge in [0.2, 0.25) is 0 Å². The van der Waals surface area contributed by atoms with Crippen LogP contribution in [0.25, 0.3) is 10.9 Å². The maximum absolute atomic E-state index is 12.8. The van der Waals surface area contributed by atoms with Gasteiger partial charge in [0.25, 0.3) is 0 Å². The number of carbonyl (C=O) groups excluding carboxylic acids is 1. The smallest absolute Gasteiger partial charge is 0.340 e. The van der Waals surface area contributed by atoms with Gasteiger partial charge in [-0.15, -0.1) is 12.4 Å². The van der Waals surface area contributed by atoms with Crippen molar-refractivity contribution in [2.24, 2.45) is 0 Å². The summed E-state index contributed by atoms with van der Waals surface area (Å²) in [5.74, 6) is -0.0623.